The molecule has 6 heteroatoms. The number of aliphatic hydroxyl groups excluding tert-OH is 1. The summed E-state index contributed by atoms with van der Waals surface area (Å²) in [6.45, 7) is 0. The Morgan fingerprint density at radius 3 is 2.18 bits per heavy atom. The number of alkyl halides is 3. The van der Waals surface area contributed by atoms with E-state index in [1.165, 1.54) is 0 Å². The first-order valence-electron chi connectivity index (χ1n) is 3.07. The van der Waals surface area contributed by atoms with E-state index in [1.54, 1.807) is 0 Å². The fourth-order valence-corrected chi connectivity index (χ4v) is 0.900. The molecule has 1 saturated heterocycles. The molecule has 0 aliphatic carbocycles. The summed E-state index contributed by atoms with van der Waals surface area (Å²) in [5, 5.41) is 8.78. The summed E-state index contributed by atoms with van der Waals surface area (Å²) in [7, 11) is 0. The van der Waals surface area contributed by atoms with Gasteiger partial charge in [-0.05, 0) is 0 Å². The number of rotatable bonds is 0. The molecule has 1 rings (SSSR count). The van der Waals surface area contributed by atoms with E-state index in [9.17, 15) is 13.2 Å². The largest absolute Gasteiger partial charge is 0.414 e. The quantitative estimate of drug-likeness (QED) is 0.538. The van der Waals surface area contributed by atoms with Crippen molar-refractivity contribution >= 4 is 0 Å². The molecule has 1 fully saturated rings. The Morgan fingerprint density at radius 1 is 1.45 bits per heavy atom. The van der Waals surface area contributed by atoms with Gasteiger partial charge >= 0.3 is 6.18 Å². The van der Waals surface area contributed by atoms with Crippen LogP contribution in [0.2, 0.25) is 0 Å². The molecule has 1 aliphatic heterocycles. The van der Waals surface area contributed by atoms with E-state index in [2.05, 4.69) is 4.74 Å². The zero-order chi connectivity index (χ0) is 8.65. The zero-order valence-corrected chi connectivity index (χ0v) is 5.51. The lowest BCUT2D eigenvalue weighted by Crippen LogP contribution is -2.32. The molecule has 0 aromatic rings. The molecule has 3 N–H and O–H groups in total. The third-order valence-corrected chi connectivity index (χ3v) is 1.52. The number of ether oxygens (including phenoxy) is 1. The number of aliphatic hydroxyl groups is 1. The van der Waals surface area contributed by atoms with Crippen LogP contribution in [0.25, 0.3) is 0 Å². The van der Waals surface area contributed by atoms with E-state index >= 15 is 0 Å². The minimum Gasteiger partial charge on any atom is -0.389 e. The summed E-state index contributed by atoms with van der Waals surface area (Å²) in [4.78, 5) is 0. The van der Waals surface area contributed by atoms with Gasteiger partial charge in [-0.25, -0.2) is 0 Å². The molecule has 2 unspecified atom stereocenters. The average molecular weight is 171 g/mol. The van der Waals surface area contributed by atoms with Gasteiger partial charge in [0, 0.05) is 6.42 Å². The Balaban J connectivity index is 2.54. The van der Waals surface area contributed by atoms with Gasteiger partial charge in [0.05, 0.1) is 6.10 Å². The number of hydrogen-bond donors (Lipinski definition) is 2. The molecule has 0 bridgehead atoms. The highest BCUT2D eigenvalue weighted by atomic mass is 19.4. The van der Waals surface area contributed by atoms with E-state index in [1.807, 2.05) is 0 Å². The van der Waals surface area contributed by atoms with Crippen LogP contribution in [0.5, 0.6) is 0 Å². The lowest BCUT2D eigenvalue weighted by molar-refractivity contribution is -0.214. The maximum absolute atomic E-state index is 11.8. The highest BCUT2D eigenvalue weighted by Crippen LogP contribution is 2.31. The van der Waals surface area contributed by atoms with Crippen molar-refractivity contribution in [3.63, 3.8) is 0 Å². The number of halogens is 3. The minimum absolute atomic E-state index is 0.468. The third kappa shape index (κ3) is 1.82. The molecular formula is C5H8F3NO2. The summed E-state index contributed by atoms with van der Waals surface area (Å²) in [6, 6.07) is 0. The van der Waals surface area contributed by atoms with Crippen molar-refractivity contribution in [1.82, 2.24) is 0 Å². The lowest BCUT2D eigenvalue weighted by atomic mass is 10.2. The van der Waals surface area contributed by atoms with Crippen LogP contribution in [0.4, 0.5) is 13.2 Å². The molecule has 0 spiro atoms. The van der Waals surface area contributed by atoms with Crippen molar-refractivity contribution in [2.75, 3.05) is 0 Å². The third-order valence-electron chi connectivity index (χ3n) is 1.52. The van der Waals surface area contributed by atoms with E-state index < -0.39 is 31.0 Å². The second-order valence-electron chi connectivity index (χ2n) is 2.43. The van der Waals surface area contributed by atoms with Gasteiger partial charge in [0.2, 0.25) is 0 Å². The first kappa shape index (κ1) is 8.76. The lowest BCUT2D eigenvalue weighted by Gasteiger charge is -2.13. The summed E-state index contributed by atoms with van der Waals surface area (Å²) >= 11 is 0. The van der Waals surface area contributed by atoms with Gasteiger partial charge in [0.1, 0.15) is 6.23 Å². The van der Waals surface area contributed by atoms with Gasteiger partial charge in [-0.2, -0.15) is 13.2 Å². The van der Waals surface area contributed by atoms with E-state index in [4.69, 9.17) is 10.8 Å². The SMILES string of the molecule is NC1OC(C(F)(F)F)C[C@@H]1O. The van der Waals surface area contributed by atoms with Crippen LogP contribution in [0.1, 0.15) is 6.42 Å². The summed E-state index contributed by atoms with van der Waals surface area (Å²) in [5.74, 6) is 0. The Morgan fingerprint density at radius 2 is 2.00 bits per heavy atom. The molecule has 1 aliphatic rings. The van der Waals surface area contributed by atoms with Crippen molar-refractivity contribution in [3.05, 3.63) is 0 Å². The summed E-state index contributed by atoms with van der Waals surface area (Å²) in [6.07, 6.45) is -9.21. The van der Waals surface area contributed by atoms with Crippen LogP contribution in [-0.4, -0.2) is 29.7 Å². The predicted molar refractivity (Wildman–Crippen MR) is 29.5 cm³/mol. The van der Waals surface area contributed by atoms with E-state index in [-0.39, 0.29) is 0 Å². The predicted octanol–water partition coefficient (Wildman–Crippen LogP) is -0.0167. The minimum atomic E-state index is -4.42. The normalized spacial score (nSPS) is 39.5. The monoisotopic (exact) mass is 171 g/mol. The van der Waals surface area contributed by atoms with Gasteiger partial charge in [0.15, 0.2) is 6.10 Å². The van der Waals surface area contributed by atoms with Crippen LogP contribution < -0.4 is 5.73 Å². The smallest absolute Gasteiger partial charge is 0.389 e. The average Bonchev–Trinajstić information content (AvgIpc) is 2.11. The van der Waals surface area contributed by atoms with Crippen LogP contribution in [0.15, 0.2) is 0 Å². The Hall–Kier alpha value is -0.330. The number of hydrogen-bond acceptors (Lipinski definition) is 3. The van der Waals surface area contributed by atoms with Crippen LogP contribution in [-0.2, 0) is 4.74 Å². The first-order valence-corrected chi connectivity index (χ1v) is 3.07. The van der Waals surface area contributed by atoms with Gasteiger partial charge in [-0.1, -0.05) is 0 Å². The van der Waals surface area contributed by atoms with Crippen molar-refractivity contribution < 1.29 is 23.0 Å². The van der Waals surface area contributed by atoms with E-state index in [0.717, 1.165) is 0 Å². The molecule has 0 amide bonds. The van der Waals surface area contributed by atoms with Crippen molar-refractivity contribution in [2.24, 2.45) is 5.73 Å². The number of nitrogens with two attached hydrogens (primary N) is 1. The standard InChI is InChI=1S/C5H8F3NO2/c6-5(7,8)3-1-2(10)4(9)11-3/h2-4,10H,1,9H2/t2-,3?,4?/m0/s1. The molecule has 0 saturated carbocycles. The molecule has 3 nitrogen and oxygen atoms in total. The molecule has 0 aromatic carbocycles. The molecule has 1 heterocycles. The maximum atomic E-state index is 11.8. The van der Waals surface area contributed by atoms with Crippen molar-refractivity contribution in [3.8, 4) is 0 Å². The topological polar surface area (TPSA) is 55.5 Å². The Labute approximate surface area is 60.9 Å². The van der Waals surface area contributed by atoms with E-state index in [0.29, 0.717) is 0 Å². The highest BCUT2D eigenvalue weighted by Gasteiger charge is 2.48. The first-order chi connectivity index (χ1) is 4.91. The van der Waals surface area contributed by atoms with Crippen LogP contribution >= 0.6 is 0 Å². The van der Waals surface area contributed by atoms with Crippen LogP contribution in [0.3, 0.4) is 0 Å². The second kappa shape index (κ2) is 2.62. The van der Waals surface area contributed by atoms with Gasteiger partial charge in [-0.15, -0.1) is 0 Å². The Bertz CT molecular complexity index is 139. The fraction of sp³-hybridized carbons (Fsp3) is 1.00. The zero-order valence-electron chi connectivity index (χ0n) is 5.51. The fourth-order valence-electron chi connectivity index (χ4n) is 0.900. The van der Waals surface area contributed by atoms with Crippen molar-refractivity contribution in [1.29, 1.82) is 0 Å². The highest BCUT2D eigenvalue weighted by molar-refractivity contribution is 4.82. The van der Waals surface area contributed by atoms with Gasteiger partial charge in [0.25, 0.3) is 0 Å². The Kier molecular flexibility index (Phi) is 2.08. The maximum Gasteiger partial charge on any atom is 0.414 e. The van der Waals surface area contributed by atoms with Crippen molar-refractivity contribution in [2.45, 2.75) is 31.0 Å². The molecule has 0 radical (unpaired) electrons. The molecular weight excluding hydrogens is 163 g/mol. The summed E-state index contributed by atoms with van der Waals surface area (Å²) < 4.78 is 39.7. The molecule has 11 heavy (non-hydrogen) atoms. The van der Waals surface area contributed by atoms with Gasteiger partial charge < -0.3 is 15.6 Å². The van der Waals surface area contributed by atoms with Gasteiger partial charge in [-0.3, -0.25) is 0 Å². The second-order valence-corrected chi connectivity index (χ2v) is 2.43. The molecule has 3 atom stereocenters. The molecule has 0 aromatic heterocycles. The van der Waals surface area contributed by atoms with Crippen LogP contribution in [0, 0.1) is 0 Å². The molecule has 66 valence electrons. The summed E-state index contributed by atoms with van der Waals surface area (Å²) in [5.41, 5.74) is 4.99.